The summed E-state index contributed by atoms with van der Waals surface area (Å²) >= 11 is 0. The fourth-order valence-corrected chi connectivity index (χ4v) is 3.82. The molecule has 0 spiro atoms. The van der Waals surface area contributed by atoms with Crippen LogP contribution in [-0.2, 0) is 4.79 Å². The summed E-state index contributed by atoms with van der Waals surface area (Å²) in [6.07, 6.45) is 6.02. The number of piperidine rings is 2. The van der Waals surface area contributed by atoms with E-state index in [4.69, 9.17) is 0 Å². The molecule has 0 aromatic heterocycles. The predicted octanol–water partition coefficient (Wildman–Crippen LogP) is 3.70. The molecule has 1 aromatic rings. The third kappa shape index (κ3) is 6.51. The summed E-state index contributed by atoms with van der Waals surface area (Å²) in [7, 11) is 0. The van der Waals surface area contributed by atoms with Gasteiger partial charge in [0, 0.05) is 30.8 Å². The Kier molecular flexibility index (Phi) is 8.58. The van der Waals surface area contributed by atoms with Gasteiger partial charge in [-0.05, 0) is 81.3 Å². The van der Waals surface area contributed by atoms with Crippen LogP contribution in [0.5, 0.6) is 0 Å². The van der Waals surface area contributed by atoms with Gasteiger partial charge >= 0.3 is 0 Å². The van der Waals surface area contributed by atoms with Crippen molar-refractivity contribution < 1.29 is 9.59 Å². The second kappa shape index (κ2) is 10.7. The zero-order chi connectivity index (χ0) is 18.4. The minimum atomic E-state index is 0. The summed E-state index contributed by atoms with van der Waals surface area (Å²) in [6.45, 7) is 6.06. The first-order valence-corrected chi connectivity index (χ1v) is 10.0. The van der Waals surface area contributed by atoms with E-state index in [-0.39, 0.29) is 24.2 Å². The Balaban J connectivity index is 0.00000261. The lowest BCUT2D eigenvalue weighted by Crippen LogP contribution is -2.37. The van der Waals surface area contributed by atoms with E-state index in [1.807, 2.05) is 29.2 Å². The van der Waals surface area contributed by atoms with Crippen LogP contribution in [0.25, 0.3) is 0 Å². The van der Waals surface area contributed by atoms with Crippen molar-refractivity contribution in [3.05, 3.63) is 29.8 Å². The topological polar surface area (TPSA) is 61.4 Å². The normalized spacial score (nSPS) is 18.6. The minimum Gasteiger partial charge on any atom is -0.339 e. The molecule has 0 radical (unpaired) electrons. The van der Waals surface area contributed by atoms with Gasteiger partial charge in [-0.1, -0.05) is 6.92 Å². The number of hydrogen-bond donors (Lipinski definition) is 2. The second-order valence-corrected chi connectivity index (χ2v) is 7.83. The van der Waals surface area contributed by atoms with E-state index in [1.165, 1.54) is 12.8 Å². The molecule has 27 heavy (non-hydrogen) atoms. The van der Waals surface area contributed by atoms with E-state index in [9.17, 15) is 9.59 Å². The van der Waals surface area contributed by atoms with Crippen LogP contribution >= 0.6 is 12.4 Å². The van der Waals surface area contributed by atoms with Gasteiger partial charge in [0.15, 0.2) is 0 Å². The van der Waals surface area contributed by atoms with Crippen molar-refractivity contribution in [1.82, 2.24) is 10.2 Å². The molecular formula is C21H32ClN3O2. The van der Waals surface area contributed by atoms with Crippen molar-refractivity contribution in [3.8, 4) is 0 Å². The Hall–Kier alpha value is -1.59. The number of rotatable bonds is 5. The first-order valence-electron chi connectivity index (χ1n) is 10.0. The van der Waals surface area contributed by atoms with E-state index < -0.39 is 0 Å². The first-order chi connectivity index (χ1) is 12.6. The van der Waals surface area contributed by atoms with Gasteiger partial charge in [-0.15, -0.1) is 12.4 Å². The maximum Gasteiger partial charge on any atom is 0.253 e. The van der Waals surface area contributed by atoms with Crippen LogP contribution in [0.3, 0.4) is 0 Å². The maximum atomic E-state index is 12.6. The number of nitrogens with zero attached hydrogens (tertiary/aromatic N) is 1. The lowest BCUT2D eigenvalue weighted by atomic mass is 9.93. The predicted molar refractivity (Wildman–Crippen MR) is 111 cm³/mol. The Morgan fingerprint density at radius 1 is 1.07 bits per heavy atom. The number of halogens is 1. The third-order valence-electron chi connectivity index (χ3n) is 5.72. The highest BCUT2D eigenvalue weighted by atomic mass is 35.5. The summed E-state index contributed by atoms with van der Waals surface area (Å²) < 4.78 is 0. The number of hydrogen-bond acceptors (Lipinski definition) is 3. The number of carbonyl (C=O) groups excluding carboxylic acids is 2. The molecule has 0 saturated carbocycles. The van der Waals surface area contributed by atoms with E-state index in [0.717, 1.165) is 51.1 Å². The summed E-state index contributed by atoms with van der Waals surface area (Å²) in [5.41, 5.74) is 1.47. The number of carbonyl (C=O) groups is 2. The fraction of sp³-hybridized carbons (Fsp3) is 0.619. The average molecular weight is 394 g/mol. The number of amides is 2. The van der Waals surface area contributed by atoms with Crippen LogP contribution in [0, 0.1) is 11.8 Å². The SMILES string of the molecule is CC1CCN(C(=O)c2ccc(NC(=O)CCC3CCNCC3)cc2)CC1.Cl. The Morgan fingerprint density at radius 3 is 2.33 bits per heavy atom. The molecular weight excluding hydrogens is 362 g/mol. The highest BCUT2D eigenvalue weighted by Gasteiger charge is 2.21. The molecule has 0 unspecified atom stereocenters. The van der Waals surface area contributed by atoms with Crippen LogP contribution in [-0.4, -0.2) is 42.9 Å². The molecule has 0 bridgehead atoms. The molecule has 2 aliphatic rings. The summed E-state index contributed by atoms with van der Waals surface area (Å²) in [5, 5.41) is 6.30. The van der Waals surface area contributed by atoms with E-state index >= 15 is 0 Å². The molecule has 2 N–H and O–H groups in total. The summed E-state index contributed by atoms with van der Waals surface area (Å²) in [5.74, 6) is 1.53. The summed E-state index contributed by atoms with van der Waals surface area (Å²) in [6, 6.07) is 7.32. The number of nitrogens with one attached hydrogen (secondary N) is 2. The van der Waals surface area contributed by atoms with Crippen molar-refractivity contribution in [2.24, 2.45) is 11.8 Å². The minimum absolute atomic E-state index is 0. The van der Waals surface area contributed by atoms with Crippen LogP contribution in [0.1, 0.15) is 55.8 Å². The third-order valence-corrected chi connectivity index (χ3v) is 5.72. The smallest absolute Gasteiger partial charge is 0.253 e. The molecule has 5 nitrogen and oxygen atoms in total. The lowest BCUT2D eigenvalue weighted by molar-refractivity contribution is -0.116. The van der Waals surface area contributed by atoms with Crippen LogP contribution in [0.15, 0.2) is 24.3 Å². The molecule has 3 rings (SSSR count). The van der Waals surface area contributed by atoms with Gasteiger partial charge in [0.1, 0.15) is 0 Å². The van der Waals surface area contributed by atoms with Crippen molar-refractivity contribution in [3.63, 3.8) is 0 Å². The standard InChI is InChI=1S/C21H31N3O2.ClH/c1-16-10-14-24(15-11-16)21(26)18-3-5-19(6-4-18)23-20(25)7-2-17-8-12-22-13-9-17;/h3-6,16-17,22H,2,7-15H2,1H3,(H,23,25);1H. The van der Waals surface area contributed by atoms with Gasteiger partial charge < -0.3 is 15.5 Å². The highest BCUT2D eigenvalue weighted by molar-refractivity contribution is 5.95. The van der Waals surface area contributed by atoms with Crippen molar-refractivity contribution >= 4 is 29.9 Å². The monoisotopic (exact) mass is 393 g/mol. The molecule has 1 aromatic carbocycles. The molecule has 2 amide bonds. The molecule has 2 heterocycles. The zero-order valence-electron chi connectivity index (χ0n) is 16.2. The quantitative estimate of drug-likeness (QED) is 0.801. The first kappa shape index (κ1) is 21.7. The average Bonchev–Trinajstić information content (AvgIpc) is 2.68. The molecule has 2 aliphatic heterocycles. The molecule has 6 heteroatoms. The van der Waals surface area contributed by atoms with Gasteiger partial charge in [0.25, 0.3) is 5.91 Å². The van der Waals surface area contributed by atoms with Crippen LogP contribution in [0.2, 0.25) is 0 Å². The van der Waals surface area contributed by atoms with Crippen molar-refractivity contribution in [2.75, 3.05) is 31.5 Å². The van der Waals surface area contributed by atoms with E-state index in [0.29, 0.717) is 23.8 Å². The Labute approximate surface area is 168 Å². The van der Waals surface area contributed by atoms with Crippen LogP contribution in [0.4, 0.5) is 5.69 Å². The van der Waals surface area contributed by atoms with Gasteiger partial charge in [0.2, 0.25) is 5.91 Å². The number of benzene rings is 1. The largest absolute Gasteiger partial charge is 0.339 e. The summed E-state index contributed by atoms with van der Waals surface area (Å²) in [4.78, 5) is 26.6. The Morgan fingerprint density at radius 2 is 1.70 bits per heavy atom. The van der Waals surface area contributed by atoms with Gasteiger partial charge in [-0.3, -0.25) is 9.59 Å². The van der Waals surface area contributed by atoms with E-state index in [1.54, 1.807) is 0 Å². The lowest BCUT2D eigenvalue weighted by Gasteiger charge is -2.30. The number of anilines is 1. The fourth-order valence-electron chi connectivity index (χ4n) is 3.82. The molecule has 150 valence electrons. The highest BCUT2D eigenvalue weighted by Crippen LogP contribution is 2.20. The molecule has 0 aliphatic carbocycles. The van der Waals surface area contributed by atoms with Crippen LogP contribution < -0.4 is 10.6 Å². The van der Waals surface area contributed by atoms with Gasteiger partial charge in [0.05, 0.1) is 0 Å². The number of likely N-dealkylation sites (tertiary alicyclic amines) is 1. The van der Waals surface area contributed by atoms with Gasteiger partial charge in [-0.25, -0.2) is 0 Å². The second-order valence-electron chi connectivity index (χ2n) is 7.83. The van der Waals surface area contributed by atoms with Crippen molar-refractivity contribution in [2.45, 2.75) is 45.4 Å². The molecule has 0 atom stereocenters. The zero-order valence-corrected chi connectivity index (χ0v) is 17.0. The Bertz CT molecular complexity index is 606. The van der Waals surface area contributed by atoms with Gasteiger partial charge in [-0.2, -0.15) is 0 Å². The maximum absolute atomic E-state index is 12.6. The molecule has 2 saturated heterocycles. The molecule has 2 fully saturated rings. The van der Waals surface area contributed by atoms with Crippen molar-refractivity contribution in [1.29, 1.82) is 0 Å². The van der Waals surface area contributed by atoms with E-state index in [2.05, 4.69) is 17.6 Å².